The number of aromatic nitrogens is 1. The monoisotopic (exact) mass is 510 g/mol. The van der Waals surface area contributed by atoms with Crippen LogP contribution >= 0.6 is 0 Å². The first-order valence-corrected chi connectivity index (χ1v) is 13.3. The van der Waals surface area contributed by atoms with Gasteiger partial charge in [-0.3, -0.25) is 0 Å². The van der Waals surface area contributed by atoms with Crippen molar-refractivity contribution in [2.24, 2.45) is 0 Å². The molecular formula is C37H22N2O. The van der Waals surface area contributed by atoms with E-state index in [1.54, 1.807) is 0 Å². The summed E-state index contributed by atoms with van der Waals surface area (Å²) in [5.74, 6) is 0. The quantitative estimate of drug-likeness (QED) is 0.237. The van der Waals surface area contributed by atoms with E-state index in [1.807, 2.05) is 30.3 Å². The highest BCUT2D eigenvalue weighted by Crippen LogP contribution is 2.38. The Morgan fingerprint density at radius 3 is 1.95 bits per heavy atom. The van der Waals surface area contributed by atoms with Crippen LogP contribution in [-0.4, -0.2) is 4.57 Å². The Morgan fingerprint density at radius 1 is 0.525 bits per heavy atom. The van der Waals surface area contributed by atoms with Gasteiger partial charge in [0.15, 0.2) is 0 Å². The molecule has 0 aliphatic rings. The van der Waals surface area contributed by atoms with Crippen molar-refractivity contribution in [1.29, 1.82) is 5.26 Å². The van der Waals surface area contributed by atoms with Crippen LogP contribution in [0.1, 0.15) is 5.56 Å². The van der Waals surface area contributed by atoms with E-state index >= 15 is 0 Å². The molecule has 2 aromatic heterocycles. The summed E-state index contributed by atoms with van der Waals surface area (Å²) < 4.78 is 8.64. The predicted octanol–water partition coefficient (Wildman–Crippen LogP) is 9.89. The van der Waals surface area contributed by atoms with Crippen LogP contribution in [0.5, 0.6) is 0 Å². The second-order valence-electron chi connectivity index (χ2n) is 10.1. The van der Waals surface area contributed by atoms with E-state index < -0.39 is 0 Å². The molecular weight excluding hydrogens is 488 g/mol. The minimum absolute atomic E-state index is 0.614. The number of nitriles is 1. The predicted molar refractivity (Wildman–Crippen MR) is 164 cm³/mol. The molecule has 3 heteroatoms. The summed E-state index contributed by atoms with van der Waals surface area (Å²) in [7, 11) is 0. The number of fused-ring (bicyclic) bond motifs is 6. The average Bonchev–Trinajstić information content (AvgIpc) is 3.57. The fourth-order valence-electron chi connectivity index (χ4n) is 6.01. The first kappa shape index (κ1) is 22.4. The van der Waals surface area contributed by atoms with Gasteiger partial charge < -0.3 is 8.98 Å². The number of rotatable bonds is 3. The molecule has 0 amide bonds. The summed E-state index contributed by atoms with van der Waals surface area (Å²) in [6.45, 7) is 0. The summed E-state index contributed by atoms with van der Waals surface area (Å²) in [6, 6.07) is 48.4. The summed E-state index contributed by atoms with van der Waals surface area (Å²) in [4.78, 5) is 0. The van der Waals surface area contributed by atoms with Crippen molar-refractivity contribution in [3.63, 3.8) is 0 Å². The SMILES string of the molecule is N#Cc1cc(-c2cccc(-n3c4ccccc4c4ccccc43)c2)cc(-c2cccc3c2oc2ccccc23)c1. The van der Waals surface area contributed by atoms with E-state index in [9.17, 15) is 5.26 Å². The highest BCUT2D eigenvalue weighted by atomic mass is 16.3. The van der Waals surface area contributed by atoms with Crippen LogP contribution in [0, 0.1) is 11.3 Å². The molecule has 0 aliphatic carbocycles. The molecule has 0 saturated heterocycles. The van der Waals surface area contributed by atoms with Gasteiger partial charge in [0.1, 0.15) is 11.2 Å². The summed E-state index contributed by atoms with van der Waals surface area (Å²) in [6.07, 6.45) is 0. The lowest BCUT2D eigenvalue weighted by atomic mass is 9.95. The second kappa shape index (κ2) is 8.73. The molecule has 40 heavy (non-hydrogen) atoms. The van der Waals surface area contributed by atoms with Gasteiger partial charge in [-0.2, -0.15) is 5.26 Å². The van der Waals surface area contributed by atoms with Gasteiger partial charge in [0.05, 0.1) is 22.7 Å². The Hall–Kier alpha value is -5.59. The Balaban J connectivity index is 1.32. The third kappa shape index (κ3) is 3.37. The maximum atomic E-state index is 9.97. The highest BCUT2D eigenvalue weighted by molar-refractivity contribution is 6.10. The molecule has 0 spiro atoms. The van der Waals surface area contributed by atoms with Crippen LogP contribution in [0.2, 0.25) is 0 Å². The Bertz CT molecular complexity index is 2240. The summed E-state index contributed by atoms with van der Waals surface area (Å²) in [5, 5.41) is 14.6. The maximum Gasteiger partial charge on any atom is 0.143 e. The van der Waals surface area contributed by atoms with E-state index in [0.717, 1.165) is 49.9 Å². The summed E-state index contributed by atoms with van der Waals surface area (Å²) >= 11 is 0. The number of nitrogens with zero attached hydrogens (tertiary/aromatic N) is 2. The zero-order valence-corrected chi connectivity index (χ0v) is 21.5. The van der Waals surface area contributed by atoms with Crippen molar-refractivity contribution >= 4 is 43.7 Å². The van der Waals surface area contributed by atoms with Crippen LogP contribution in [-0.2, 0) is 0 Å². The topological polar surface area (TPSA) is 41.9 Å². The highest BCUT2D eigenvalue weighted by Gasteiger charge is 2.15. The normalized spacial score (nSPS) is 11.5. The van der Waals surface area contributed by atoms with Crippen molar-refractivity contribution in [3.8, 4) is 34.0 Å². The van der Waals surface area contributed by atoms with Crippen LogP contribution < -0.4 is 0 Å². The molecule has 0 fully saturated rings. The smallest absolute Gasteiger partial charge is 0.143 e. The van der Waals surface area contributed by atoms with Crippen molar-refractivity contribution in [3.05, 3.63) is 139 Å². The fourth-order valence-corrected chi connectivity index (χ4v) is 6.01. The van der Waals surface area contributed by atoms with Gasteiger partial charge in [-0.25, -0.2) is 0 Å². The van der Waals surface area contributed by atoms with Gasteiger partial charge in [-0.05, 0) is 65.2 Å². The number of hydrogen-bond acceptors (Lipinski definition) is 2. The zero-order valence-electron chi connectivity index (χ0n) is 21.5. The number of hydrogen-bond donors (Lipinski definition) is 0. The third-order valence-electron chi connectivity index (χ3n) is 7.80. The van der Waals surface area contributed by atoms with Crippen molar-refractivity contribution in [1.82, 2.24) is 4.57 Å². The summed E-state index contributed by atoms with van der Waals surface area (Å²) in [5.41, 5.74) is 9.71. The third-order valence-corrected chi connectivity index (χ3v) is 7.80. The molecule has 3 nitrogen and oxygen atoms in total. The molecule has 0 N–H and O–H groups in total. The van der Waals surface area contributed by atoms with E-state index in [-0.39, 0.29) is 0 Å². The molecule has 8 rings (SSSR count). The van der Waals surface area contributed by atoms with Crippen LogP contribution in [0.15, 0.2) is 138 Å². The lowest BCUT2D eigenvalue weighted by Crippen LogP contribution is -1.94. The first-order chi connectivity index (χ1) is 19.8. The lowest BCUT2D eigenvalue weighted by molar-refractivity contribution is 0.670. The van der Waals surface area contributed by atoms with Crippen molar-refractivity contribution < 1.29 is 4.42 Å². The minimum Gasteiger partial charge on any atom is -0.455 e. The first-order valence-electron chi connectivity index (χ1n) is 13.3. The van der Waals surface area contributed by atoms with E-state index in [0.29, 0.717) is 5.56 Å². The molecule has 186 valence electrons. The van der Waals surface area contributed by atoms with E-state index in [2.05, 4.69) is 114 Å². The van der Waals surface area contributed by atoms with Gasteiger partial charge >= 0.3 is 0 Å². The number of para-hydroxylation sites is 4. The lowest BCUT2D eigenvalue weighted by Gasteiger charge is -2.12. The maximum absolute atomic E-state index is 9.97. The van der Waals surface area contributed by atoms with Gasteiger partial charge in [0, 0.05) is 32.8 Å². The van der Waals surface area contributed by atoms with Crippen molar-refractivity contribution in [2.45, 2.75) is 0 Å². The molecule has 0 unspecified atom stereocenters. The molecule has 2 heterocycles. The van der Waals surface area contributed by atoms with Gasteiger partial charge in [0.2, 0.25) is 0 Å². The van der Waals surface area contributed by atoms with Gasteiger partial charge in [-0.1, -0.05) is 84.9 Å². The average molecular weight is 511 g/mol. The van der Waals surface area contributed by atoms with Crippen molar-refractivity contribution in [2.75, 3.05) is 0 Å². The second-order valence-corrected chi connectivity index (χ2v) is 10.1. The molecule has 6 aromatic carbocycles. The Labute approximate surface area is 230 Å². The van der Waals surface area contributed by atoms with Crippen LogP contribution in [0.3, 0.4) is 0 Å². The Kier molecular flexibility index (Phi) is 4.89. The molecule has 0 bridgehead atoms. The van der Waals surface area contributed by atoms with E-state index in [1.165, 1.54) is 21.8 Å². The van der Waals surface area contributed by atoms with Gasteiger partial charge in [0.25, 0.3) is 0 Å². The molecule has 0 saturated carbocycles. The molecule has 0 aliphatic heterocycles. The van der Waals surface area contributed by atoms with Gasteiger partial charge in [-0.15, -0.1) is 0 Å². The fraction of sp³-hybridized carbons (Fsp3) is 0. The van der Waals surface area contributed by atoms with Crippen LogP contribution in [0.25, 0.3) is 71.7 Å². The molecule has 0 radical (unpaired) electrons. The zero-order chi connectivity index (χ0) is 26.6. The van der Waals surface area contributed by atoms with Crippen LogP contribution in [0.4, 0.5) is 0 Å². The molecule has 0 atom stereocenters. The molecule has 8 aromatic rings. The number of benzene rings is 6. The Morgan fingerprint density at radius 2 is 1.18 bits per heavy atom. The standard InChI is InChI=1S/C37H22N2O/c38-23-24-19-26(21-27(20-24)29-14-8-15-33-32-13-3-6-18-36(32)40-37(29)33)25-9-7-10-28(22-25)39-34-16-4-1-11-30(34)31-12-2-5-17-35(31)39/h1-22H. The minimum atomic E-state index is 0.614. The largest absolute Gasteiger partial charge is 0.455 e. The number of furan rings is 1. The van der Waals surface area contributed by atoms with E-state index in [4.69, 9.17) is 4.42 Å².